The number of alkyl halides is 1. The van der Waals surface area contributed by atoms with Crippen LogP contribution in [0.3, 0.4) is 0 Å². The number of thioether (sulfide) groups is 1. The third-order valence-corrected chi connectivity index (χ3v) is 4.73. The van der Waals surface area contributed by atoms with E-state index in [-0.39, 0.29) is 11.9 Å². The molecule has 1 unspecified atom stereocenters. The molecule has 0 aromatic heterocycles. The summed E-state index contributed by atoms with van der Waals surface area (Å²) in [6, 6.07) is 5.94. The molecule has 0 radical (unpaired) electrons. The highest BCUT2D eigenvalue weighted by Gasteiger charge is 2.24. The zero-order chi connectivity index (χ0) is 13.9. The molecule has 108 valence electrons. The number of halogens is 1. The Morgan fingerprint density at radius 2 is 2.35 bits per heavy atom. The standard InChI is InChI=1S/C14H18FN3OS/c15-10-7-16-4-3-11(10)17-6-9-1-2-13-12(5-9)18-14(19)8-20-13/h1-2,5,10-11,16-17H,3-4,6-8H2,(H,18,19)/t10-,11?/m1/s1. The van der Waals surface area contributed by atoms with Crippen LogP contribution in [-0.2, 0) is 11.3 Å². The molecule has 0 spiro atoms. The minimum absolute atomic E-state index is 0.0368. The van der Waals surface area contributed by atoms with Crippen molar-refractivity contribution in [2.45, 2.75) is 30.1 Å². The third kappa shape index (κ3) is 3.13. The van der Waals surface area contributed by atoms with Gasteiger partial charge < -0.3 is 16.0 Å². The SMILES string of the molecule is O=C1CSc2ccc(CNC3CCNC[C@H]3F)cc2N1. The van der Waals surface area contributed by atoms with E-state index >= 15 is 0 Å². The van der Waals surface area contributed by atoms with Crippen molar-refractivity contribution in [3.05, 3.63) is 23.8 Å². The molecule has 4 nitrogen and oxygen atoms in total. The molecule has 1 fully saturated rings. The van der Waals surface area contributed by atoms with Gasteiger partial charge in [0, 0.05) is 24.0 Å². The first kappa shape index (κ1) is 13.9. The molecular weight excluding hydrogens is 277 g/mol. The molecule has 1 aromatic rings. The molecular formula is C14H18FN3OS. The van der Waals surface area contributed by atoms with E-state index in [1.165, 1.54) is 0 Å². The van der Waals surface area contributed by atoms with Gasteiger partial charge in [0.05, 0.1) is 11.4 Å². The molecule has 1 amide bonds. The second-order valence-corrected chi connectivity index (χ2v) is 6.18. The monoisotopic (exact) mass is 295 g/mol. The molecule has 20 heavy (non-hydrogen) atoms. The minimum atomic E-state index is -0.836. The Hall–Kier alpha value is -1.11. The van der Waals surface area contributed by atoms with Crippen LogP contribution in [0.5, 0.6) is 0 Å². The fraction of sp³-hybridized carbons (Fsp3) is 0.500. The Kier molecular flexibility index (Phi) is 4.24. The Morgan fingerprint density at radius 3 is 3.20 bits per heavy atom. The largest absolute Gasteiger partial charge is 0.324 e. The summed E-state index contributed by atoms with van der Waals surface area (Å²) < 4.78 is 13.7. The summed E-state index contributed by atoms with van der Waals surface area (Å²) in [7, 11) is 0. The number of rotatable bonds is 3. The van der Waals surface area contributed by atoms with Crippen LogP contribution in [0, 0.1) is 0 Å². The topological polar surface area (TPSA) is 53.2 Å². The van der Waals surface area contributed by atoms with Gasteiger partial charge in [-0.15, -0.1) is 11.8 Å². The predicted octanol–water partition coefficient (Wildman–Crippen LogP) is 1.52. The lowest BCUT2D eigenvalue weighted by atomic mass is 10.0. The van der Waals surface area contributed by atoms with Crippen LogP contribution in [0.15, 0.2) is 23.1 Å². The van der Waals surface area contributed by atoms with E-state index in [4.69, 9.17) is 0 Å². The van der Waals surface area contributed by atoms with Gasteiger partial charge in [0.1, 0.15) is 6.17 Å². The van der Waals surface area contributed by atoms with Gasteiger partial charge in [-0.2, -0.15) is 0 Å². The van der Waals surface area contributed by atoms with Crippen molar-refractivity contribution in [3.63, 3.8) is 0 Å². The Morgan fingerprint density at radius 1 is 1.45 bits per heavy atom. The van der Waals surface area contributed by atoms with E-state index in [1.54, 1.807) is 11.8 Å². The lowest BCUT2D eigenvalue weighted by molar-refractivity contribution is -0.113. The van der Waals surface area contributed by atoms with E-state index in [1.807, 2.05) is 18.2 Å². The van der Waals surface area contributed by atoms with Crippen molar-refractivity contribution in [1.29, 1.82) is 0 Å². The fourth-order valence-electron chi connectivity index (χ4n) is 2.54. The highest BCUT2D eigenvalue weighted by atomic mass is 32.2. The van der Waals surface area contributed by atoms with Gasteiger partial charge in [-0.05, 0) is 30.7 Å². The van der Waals surface area contributed by atoms with Gasteiger partial charge in [0.15, 0.2) is 0 Å². The maximum absolute atomic E-state index is 13.7. The maximum Gasteiger partial charge on any atom is 0.234 e. The van der Waals surface area contributed by atoms with Crippen molar-refractivity contribution in [3.8, 4) is 0 Å². The highest BCUT2D eigenvalue weighted by molar-refractivity contribution is 8.00. The third-order valence-electron chi connectivity index (χ3n) is 3.65. The Bertz CT molecular complexity index is 511. The molecule has 1 saturated heterocycles. The first-order valence-corrected chi connectivity index (χ1v) is 7.85. The van der Waals surface area contributed by atoms with Crippen LogP contribution in [0.4, 0.5) is 10.1 Å². The van der Waals surface area contributed by atoms with Crippen LogP contribution < -0.4 is 16.0 Å². The molecule has 1 aromatic carbocycles. The zero-order valence-electron chi connectivity index (χ0n) is 11.1. The number of carbonyl (C=O) groups is 1. The van der Waals surface area contributed by atoms with Gasteiger partial charge in [-0.3, -0.25) is 4.79 Å². The Labute approximate surface area is 121 Å². The van der Waals surface area contributed by atoms with Crippen molar-refractivity contribution in [1.82, 2.24) is 10.6 Å². The van der Waals surface area contributed by atoms with Crippen molar-refractivity contribution >= 4 is 23.4 Å². The number of nitrogens with one attached hydrogen (secondary N) is 3. The molecule has 6 heteroatoms. The number of benzene rings is 1. The maximum atomic E-state index is 13.7. The number of hydrogen-bond donors (Lipinski definition) is 3. The first-order chi connectivity index (χ1) is 9.72. The molecule has 2 heterocycles. The van der Waals surface area contributed by atoms with Gasteiger partial charge in [-0.25, -0.2) is 4.39 Å². The smallest absolute Gasteiger partial charge is 0.234 e. The zero-order valence-corrected chi connectivity index (χ0v) is 11.9. The van der Waals surface area contributed by atoms with E-state index in [0.717, 1.165) is 29.1 Å². The fourth-order valence-corrected chi connectivity index (χ4v) is 3.33. The molecule has 2 atom stereocenters. The van der Waals surface area contributed by atoms with Crippen LogP contribution in [-0.4, -0.2) is 37.0 Å². The molecule has 2 aliphatic heterocycles. The number of amides is 1. The molecule has 3 N–H and O–H groups in total. The van der Waals surface area contributed by atoms with Crippen molar-refractivity contribution < 1.29 is 9.18 Å². The second-order valence-electron chi connectivity index (χ2n) is 5.16. The van der Waals surface area contributed by atoms with E-state index in [0.29, 0.717) is 18.8 Å². The average molecular weight is 295 g/mol. The summed E-state index contributed by atoms with van der Waals surface area (Å²) >= 11 is 1.55. The number of hydrogen-bond acceptors (Lipinski definition) is 4. The van der Waals surface area contributed by atoms with Crippen LogP contribution >= 0.6 is 11.8 Å². The summed E-state index contributed by atoms with van der Waals surface area (Å²) in [6.07, 6.45) is -0.0322. The predicted molar refractivity (Wildman–Crippen MR) is 78.8 cm³/mol. The van der Waals surface area contributed by atoms with Crippen molar-refractivity contribution in [2.24, 2.45) is 0 Å². The van der Waals surface area contributed by atoms with Crippen LogP contribution in [0.2, 0.25) is 0 Å². The molecule has 0 aliphatic carbocycles. The quantitative estimate of drug-likeness (QED) is 0.791. The van der Waals surface area contributed by atoms with Crippen LogP contribution in [0.1, 0.15) is 12.0 Å². The lowest BCUT2D eigenvalue weighted by Crippen LogP contribution is -2.48. The summed E-state index contributed by atoms with van der Waals surface area (Å²) in [5, 5.41) is 9.19. The van der Waals surface area contributed by atoms with Gasteiger partial charge in [0.2, 0.25) is 5.91 Å². The lowest BCUT2D eigenvalue weighted by Gasteiger charge is -2.27. The van der Waals surface area contributed by atoms with E-state index in [9.17, 15) is 9.18 Å². The highest BCUT2D eigenvalue weighted by Crippen LogP contribution is 2.31. The van der Waals surface area contributed by atoms with Crippen LogP contribution in [0.25, 0.3) is 0 Å². The Balaban J connectivity index is 1.63. The van der Waals surface area contributed by atoms with Gasteiger partial charge in [0.25, 0.3) is 0 Å². The first-order valence-electron chi connectivity index (χ1n) is 6.86. The van der Waals surface area contributed by atoms with Crippen molar-refractivity contribution in [2.75, 3.05) is 24.2 Å². The van der Waals surface area contributed by atoms with E-state index in [2.05, 4.69) is 16.0 Å². The summed E-state index contributed by atoms with van der Waals surface area (Å²) in [6.45, 7) is 1.91. The molecule has 3 rings (SSSR count). The number of fused-ring (bicyclic) bond motifs is 1. The summed E-state index contributed by atoms with van der Waals surface area (Å²) in [4.78, 5) is 12.5. The van der Waals surface area contributed by atoms with Gasteiger partial charge >= 0.3 is 0 Å². The van der Waals surface area contributed by atoms with Gasteiger partial charge in [-0.1, -0.05) is 6.07 Å². The number of piperidine rings is 1. The molecule has 0 saturated carbocycles. The summed E-state index contributed by atoms with van der Waals surface area (Å²) in [5.41, 5.74) is 1.94. The average Bonchev–Trinajstić information content (AvgIpc) is 2.46. The minimum Gasteiger partial charge on any atom is -0.324 e. The number of carbonyl (C=O) groups excluding carboxylic acids is 1. The summed E-state index contributed by atoms with van der Waals surface area (Å²) in [5.74, 6) is 0.512. The molecule has 0 bridgehead atoms. The number of anilines is 1. The van der Waals surface area contributed by atoms with E-state index < -0.39 is 6.17 Å². The normalized spacial score (nSPS) is 25.9. The second kappa shape index (κ2) is 6.11. The molecule has 2 aliphatic rings.